The summed E-state index contributed by atoms with van der Waals surface area (Å²) in [5.41, 5.74) is 5.84. The molecule has 0 bridgehead atoms. The molecule has 21 heavy (non-hydrogen) atoms. The third-order valence-electron chi connectivity index (χ3n) is 2.60. The van der Waals surface area contributed by atoms with E-state index in [0.717, 1.165) is 0 Å². The van der Waals surface area contributed by atoms with Crippen LogP contribution >= 0.6 is 11.8 Å². The van der Waals surface area contributed by atoms with Crippen molar-refractivity contribution in [1.82, 2.24) is 4.90 Å². The van der Waals surface area contributed by atoms with Crippen molar-refractivity contribution in [2.45, 2.75) is 17.7 Å². The fourth-order valence-corrected chi connectivity index (χ4v) is 2.52. The maximum Gasteiger partial charge on any atom is 0.232 e. The van der Waals surface area contributed by atoms with Gasteiger partial charge in [-0.3, -0.25) is 4.79 Å². The van der Waals surface area contributed by atoms with Crippen LogP contribution in [0.1, 0.15) is 12.8 Å². The first-order valence-corrected chi connectivity index (χ1v) is 7.26. The summed E-state index contributed by atoms with van der Waals surface area (Å²) in [6.45, 7) is 0.589. The zero-order valence-electron chi connectivity index (χ0n) is 11.4. The van der Waals surface area contributed by atoms with Crippen LogP contribution in [0.3, 0.4) is 0 Å². The van der Waals surface area contributed by atoms with E-state index in [2.05, 4.69) is 0 Å². The van der Waals surface area contributed by atoms with E-state index in [9.17, 15) is 9.18 Å². The molecule has 0 aliphatic carbocycles. The number of nitrogens with zero attached hydrogens (tertiary/aromatic N) is 3. The molecule has 1 aromatic rings. The number of nitriles is 2. The highest BCUT2D eigenvalue weighted by atomic mass is 32.2. The third kappa shape index (κ3) is 6.15. The fraction of sp³-hybridized carbons (Fsp3) is 0.357. The van der Waals surface area contributed by atoms with Crippen LogP contribution in [-0.2, 0) is 4.79 Å². The highest BCUT2D eigenvalue weighted by Gasteiger charge is 2.13. The second kappa shape index (κ2) is 8.83. The van der Waals surface area contributed by atoms with E-state index >= 15 is 0 Å². The zero-order valence-corrected chi connectivity index (χ0v) is 12.2. The van der Waals surface area contributed by atoms with Crippen LogP contribution in [-0.4, -0.2) is 29.6 Å². The van der Waals surface area contributed by atoms with Gasteiger partial charge in [0, 0.05) is 23.7 Å². The molecule has 0 fully saturated rings. The number of hydrogen-bond donors (Lipinski definition) is 1. The molecule has 0 aliphatic heterocycles. The highest BCUT2D eigenvalue weighted by Crippen LogP contribution is 2.22. The van der Waals surface area contributed by atoms with Crippen molar-refractivity contribution in [3.05, 3.63) is 24.0 Å². The van der Waals surface area contributed by atoms with Crippen molar-refractivity contribution in [3.8, 4) is 12.1 Å². The van der Waals surface area contributed by atoms with Gasteiger partial charge in [0.15, 0.2) is 0 Å². The van der Waals surface area contributed by atoms with Gasteiger partial charge in [0.1, 0.15) is 5.82 Å². The molecular formula is C14H15FN4OS. The highest BCUT2D eigenvalue weighted by molar-refractivity contribution is 8.00. The van der Waals surface area contributed by atoms with Gasteiger partial charge in [-0.25, -0.2) is 4.39 Å². The number of amides is 1. The number of benzene rings is 1. The summed E-state index contributed by atoms with van der Waals surface area (Å²) >= 11 is 1.18. The van der Waals surface area contributed by atoms with E-state index in [1.165, 1.54) is 28.8 Å². The molecule has 0 aliphatic rings. The predicted molar refractivity (Wildman–Crippen MR) is 78.6 cm³/mol. The summed E-state index contributed by atoms with van der Waals surface area (Å²) in [6.07, 6.45) is 0.434. The lowest BCUT2D eigenvalue weighted by atomic mass is 10.3. The van der Waals surface area contributed by atoms with E-state index in [0.29, 0.717) is 23.7 Å². The molecule has 1 amide bonds. The second-order valence-corrected chi connectivity index (χ2v) is 5.25. The summed E-state index contributed by atoms with van der Waals surface area (Å²) in [4.78, 5) is 14.1. The number of carbonyl (C=O) groups excluding carboxylic acids is 1. The van der Waals surface area contributed by atoms with Crippen molar-refractivity contribution >= 4 is 23.4 Å². The van der Waals surface area contributed by atoms with Gasteiger partial charge in [-0.1, -0.05) is 0 Å². The number of nitrogens with two attached hydrogens (primary N) is 1. The summed E-state index contributed by atoms with van der Waals surface area (Å²) in [6, 6.07) is 8.05. The van der Waals surface area contributed by atoms with Crippen LogP contribution in [0.25, 0.3) is 0 Å². The lowest BCUT2D eigenvalue weighted by Crippen LogP contribution is -2.34. The molecule has 0 spiro atoms. The summed E-state index contributed by atoms with van der Waals surface area (Å²) in [5, 5.41) is 17.2. The topological polar surface area (TPSA) is 93.9 Å². The van der Waals surface area contributed by atoms with Gasteiger partial charge in [0.2, 0.25) is 5.91 Å². The van der Waals surface area contributed by atoms with E-state index < -0.39 is 5.82 Å². The Bertz CT molecular complexity index is 541. The molecule has 5 nitrogen and oxygen atoms in total. The number of carbonyl (C=O) groups is 1. The maximum absolute atomic E-state index is 13.2. The molecular weight excluding hydrogens is 291 g/mol. The van der Waals surface area contributed by atoms with Crippen LogP contribution in [0.2, 0.25) is 0 Å². The van der Waals surface area contributed by atoms with E-state index in [-0.39, 0.29) is 24.5 Å². The minimum Gasteiger partial charge on any atom is -0.399 e. The molecule has 1 rings (SSSR count). The number of thioether (sulfide) groups is 1. The van der Waals surface area contributed by atoms with E-state index in [1.54, 1.807) is 6.07 Å². The number of anilines is 1. The molecule has 1 aromatic carbocycles. The first-order chi connectivity index (χ1) is 10.1. The van der Waals surface area contributed by atoms with Crippen LogP contribution in [0.5, 0.6) is 0 Å². The average molecular weight is 306 g/mol. The Balaban J connectivity index is 2.60. The van der Waals surface area contributed by atoms with Crippen LogP contribution in [0.4, 0.5) is 10.1 Å². The molecule has 0 saturated heterocycles. The monoisotopic (exact) mass is 306 g/mol. The second-order valence-electron chi connectivity index (χ2n) is 4.21. The summed E-state index contributed by atoms with van der Waals surface area (Å²) < 4.78 is 13.2. The van der Waals surface area contributed by atoms with Gasteiger partial charge < -0.3 is 10.6 Å². The zero-order chi connectivity index (χ0) is 15.7. The Kier molecular flexibility index (Phi) is 7.06. The van der Waals surface area contributed by atoms with Gasteiger partial charge in [-0.15, -0.1) is 11.8 Å². The molecule has 0 heterocycles. The minimum absolute atomic E-state index is 0.111. The first-order valence-electron chi connectivity index (χ1n) is 6.27. The van der Waals surface area contributed by atoms with E-state index in [4.69, 9.17) is 16.3 Å². The SMILES string of the molecule is N#CCCN(CCC#N)C(=O)CSc1cc(N)cc(F)c1. The molecule has 0 radical (unpaired) electrons. The van der Waals surface area contributed by atoms with Crippen LogP contribution in [0.15, 0.2) is 23.1 Å². The van der Waals surface area contributed by atoms with Gasteiger partial charge in [0.25, 0.3) is 0 Å². The van der Waals surface area contributed by atoms with Crippen molar-refractivity contribution < 1.29 is 9.18 Å². The lowest BCUT2D eigenvalue weighted by Gasteiger charge is -2.20. The number of halogens is 1. The van der Waals surface area contributed by atoms with Crippen LogP contribution < -0.4 is 5.73 Å². The standard InChI is InChI=1S/C14H15FN4OS/c15-11-7-12(18)9-13(8-11)21-10-14(20)19(5-1-3-16)6-2-4-17/h7-9H,1-2,5-6,10,18H2. The van der Waals surface area contributed by atoms with Gasteiger partial charge in [-0.2, -0.15) is 10.5 Å². The normalized spacial score (nSPS) is 9.67. The molecule has 0 aromatic heterocycles. The van der Waals surface area contributed by atoms with Crippen molar-refractivity contribution in [3.63, 3.8) is 0 Å². The predicted octanol–water partition coefficient (Wildman–Crippen LogP) is 2.16. The Morgan fingerprint density at radius 2 is 1.86 bits per heavy atom. The van der Waals surface area contributed by atoms with Crippen molar-refractivity contribution in [1.29, 1.82) is 10.5 Å². The molecule has 110 valence electrons. The third-order valence-corrected chi connectivity index (χ3v) is 3.56. The molecule has 7 heteroatoms. The molecule has 0 atom stereocenters. The lowest BCUT2D eigenvalue weighted by molar-refractivity contribution is -0.128. The van der Waals surface area contributed by atoms with E-state index in [1.807, 2.05) is 12.1 Å². The molecule has 2 N–H and O–H groups in total. The van der Waals surface area contributed by atoms with Crippen LogP contribution in [0, 0.1) is 28.5 Å². The fourth-order valence-electron chi connectivity index (χ4n) is 1.64. The number of hydrogen-bond acceptors (Lipinski definition) is 5. The average Bonchev–Trinajstić information content (AvgIpc) is 2.44. The molecule has 0 unspecified atom stereocenters. The van der Waals surface area contributed by atoms with Crippen molar-refractivity contribution in [2.75, 3.05) is 24.6 Å². The summed E-state index contributed by atoms with van der Waals surface area (Å²) in [7, 11) is 0. The largest absolute Gasteiger partial charge is 0.399 e. The summed E-state index contributed by atoms with van der Waals surface area (Å²) in [5.74, 6) is -0.524. The van der Waals surface area contributed by atoms with Gasteiger partial charge in [-0.05, 0) is 18.2 Å². The van der Waals surface area contributed by atoms with Crippen molar-refractivity contribution in [2.24, 2.45) is 0 Å². The maximum atomic E-state index is 13.2. The quantitative estimate of drug-likeness (QED) is 0.615. The Morgan fingerprint density at radius 3 is 2.38 bits per heavy atom. The number of nitrogen functional groups attached to an aromatic ring is 1. The smallest absolute Gasteiger partial charge is 0.232 e. The van der Waals surface area contributed by atoms with Gasteiger partial charge >= 0.3 is 0 Å². The van der Waals surface area contributed by atoms with Gasteiger partial charge in [0.05, 0.1) is 30.7 Å². The first kappa shape index (κ1) is 16.8. The minimum atomic E-state index is -0.448. The molecule has 0 saturated carbocycles. The number of rotatable bonds is 7. The Morgan fingerprint density at radius 1 is 1.24 bits per heavy atom. The Hall–Kier alpha value is -2.25. The Labute approximate surface area is 127 Å².